The Bertz CT molecular complexity index is 4710. The van der Waals surface area contributed by atoms with Crippen molar-refractivity contribution >= 4 is 140 Å². The van der Waals surface area contributed by atoms with Crippen LogP contribution < -0.4 is 69.1 Å². The molecule has 0 spiro atoms. The number of nitrogens with one attached hydrogen (secondary N) is 15. The minimum atomic E-state index is -2.11. The van der Waals surface area contributed by atoms with E-state index in [0.29, 0.717) is 62.8 Å². The van der Waals surface area contributed by atoms with Crippen LogP contribution in [-0.4, -0.2) is 261 Å². The van der Waals surface area contributed by atoms with E-state index in [4.69, 9.17) is 0 Å². The van der Waals surface area contributed by atoms with Crippen LogP contribution in [0.5, 0.6) is 5.75 Å². The van der Waals surface area contributed by atoms with Crippen molar-refractivity contribution in [1.82, 2.24) is 84.0 Å². The van der Waals surface area contributed by atoms with E-state index in [1.807, 2.05) is 0 Å². The van der Waals surface area contributed by atoms with Crippen LogP contribution in [0.4, 0.5) is 0 Å². The summed E-state index contributed by atoms with van der Waals surface area (Å²) in [5.74, 6) is -25.2. The number of carbonyl (C=O) groups excluding carboxylic acids is 14. The number of hydrogen-bond acceptors (Lipinski definition) is 22. The molecule has 0 saturated carbocycles. The zero-order valence-electron chi connectivity index (χ0n) is 66.7. The number of aromatic amines is 2. The first-order chi connectivity index (χ1) is 57.8. The van der Waals surface area contributed by atoms with Crippen molar-refractivity contribution in [2.45, 2.75) is 209 Å². The zero-order chi connectivity index (χ0) is 89.6. The number of fused-ring (bicyclic) bond motifs is 2. The first kappa shape index (κ1) is 95.2. The van der Waals surface area contributed by atoms with Gasteiger partial charge in [-0.15, -0.1) is 0 Å². The minimum Gasteiger partial charge on any atom is -0.508 e. The second-order valence-electron chi connectivity index (χ2n) is 29.8. The molecule has 0 bridgehead atoms. The number of aromatic hydroxyl groups is 1. The first-order valence-electron chi connectivity index (χ1n) is 39.2. The molecule has 12 atom stereocenters. The summed E-state index contributed by atoms with van der Waals surface area (Å²) in [6.45, 7) is 3.48. The van der Waals surface area contributed by atoms with Crippen LogP contribution in [0.3, 0.4) is 0 Å². The molecular formula is C79H100N16O27. The maximum atomic E-state index is 14.8. The van der Waals surface area contributed by atoms with Gasteiger partial charge in [-0.1, -0.05) is 62.4 Å². The van der Waals surface area contributed by atoms with Crippen molar-refractivity contribution in [3.8, 4) is 5.75 Å². The van der Waals surface area contributed by atoms with Gasteiger partial charge in [-0.25, -0.2) is 4.79 Å². The number of amides is 14. The zero-order valence-corrected chi connectivity index (χ0v) is 66.7. The Hall–Kier alpha value is -13.9. The molecule has 4 heterocycles. The Morgan fingerprint density at radius 1 is 0.426 bits per heavy atom. The Morgan fingerprint density at radius 3 is 1.27 bits per heavy atom. The predicted molar refractivity (Wildman–Crippen MR) is 424 cm³/mol. The van der Waals surface area contributed by atoms with Crippen LogP contribution in [0.15, 0.2) is 85.2 Å². The van der Waals surface area contributed by atoms with Crippen LogP contribution in [0, 0.1) is 5.92 Å². The number of phenols is 1. The molecule has 3 aromatic carbocycles. The highest BCUT2D eigenvalue weighted by atomic mass is 16.4. The summed E-state index contributed by atoms with van der Waals surface area (Å²) in [7, 11) is 0. The number of benzene rings is 3. The number of para-hydroxylation sites is 2. The number of carbonyl (C=O) groups is 20. The Balaban J connectivity index is 1.05. The number of nitrogens with zero attached hydrogens (tertiary/aromatic N) is 1. The fourth-order valence-electron chi connectivity index (χ4n) is 13.6. The minimum absolute atomic E-state index is 0.166. The van der Waals surface area contributed by atoms with Crippen LogP contribution in [0.1, 0.15) is 134 Å². The molecule has 658 valence electrons. The molecule has 2 aliphatic heterocycles. The smallest absolute Gasteiger partial charge is 0.326 e. The molecule has 0 aliphatic carbocycles. The van der Waals surface area contributed by atoms with Crippen LogP contribution >= 0.6 is 0 Å². The van der Waals surface area contributed by atoms with E-state index in [1.54, 1.807) is 74.8 Å². The highest BCUT2D eigenvalue weighted by Crippen LogP contribution is 2.24. The number of hydrogen-bond donors (Lipinski definition) is 22. The second kappa shape index (κ2) is 45.9. The summed E-state index contributed by atoms with van der Waals surface area (Å²) in [6.07, 6.45) is -5.82. The molecule has 5 aromatic rings. The SMILES string of the molecule is CC(C)C[C@H](NC(=O)[C@H](Cc1c[nH]c2ccccc12)NC(=O)[C@@H]1CCC(=O)N1C(=O)CNC(=O)[C@@H]1CCCN1)C(=O)N[C@@H](CCC(=O)O)C(=O)N[C@@H](CCC(=O)O)C(=O)N[C@@H](CCC(=O)O)C(=O)N[C@@H](CCC(=O)O)C(=O)N[C@@H](CCC(=O)O)C(=O)N[C@@H](C)C(=O)N[C@@H](Cc1ccc(O)cc1)C(=O)NCC(=O)N[C@@H](Cc1c[nH]c2ccccc12)C(=O)O. The number of rotatable bonds is 49. The van der Waals surface area contributed by atoms with E-state index < -0.39 is 274 Å². The van der Waals surface area contributed by atoms with Gasteiger partial charge in [-0.2, -0.15) is 0 Å². The van der Waals surface area contributed by atoms with Crippen molar-refractivity contribution in [3.05, 3.63) is 102 Å². The molecule has 22 N–H and O–H groups in total. The lowest BCUT2D eigenvalue weighted by molar-refractivity contribution is -0.148. The molecule has 0 unspecified atom stereocenters. The Labute approximate surface area is 695 Å². The highest BCUT2D eigenvalue weighted by molar-refractivity contribution is 6.06. The van der Waals surface area contributed by atoms with Crippen LogP contribution in [0.2, 0.25) is 0 Å². The van der Waals surface area contributed by atoms with Crippen LogP contribution in [-0.2, 0) is 115 Å². The van der Waals surface area contributed by atoms with Gasteiger partial charge in [0.1, 0.15) is 72.2 Å². The van der Waals surface area contributed by atoms with Crippen LogP contribution in [0.25, 0.3) is 21.8 Å². The van der Waals surface area contributed by atoms with Crippen molar-refractivity contribution in [2.24, 2.45) is 5.92 Å². The van der Waals surface area contributed by atoms with E-state index in [9.17, 15) is 132 Å². The number of carboxylic acids is 6. The number of likely N-dealkylation sites (tertiary alicyclic amines) is 1. The third-order valence-electron chi connectivity index (χ3n) is 20.0. The largest absolute Gasteiger partial charge is 0.508 e. The topological polar surface area (TPSA) is 674 Å². The fourth-order valence-corrected chi connectivity index (χ4v) is 13.6. The average molecular weight is 1710 g/mol. The van der Waals surface area contributed by atoms with Gasteiger partial charge in [-0.3, -0.25) is 96.0 Å². The number of H-pyrrole nitrogens is 2. The molecule has 0 radical (unpaired) electrons. The lowest BCUT2D eigenvalue weighted by atomic mass is 9.99. The Kier molecular flexibility index (Phi) is 35.8. The molecule has 7 rings (SSSR count). The summed E-state index contributed by atoms with van der Waals surface area (Å²) in [4.78, 5) is 276. The average Bonchev–Trinajstić information content (AvgIpc) is 1.66. The quantitative estimate of drug-likeness (QED) is 0.0187. The van der Waals surface area contributed by atoms with Gasteiger partial charge in [0.05, 0.1) is 19.1 Å². The number of phenolic OH excluding ortho intramolecular Hbond substituents is 1. The molecule has 43 nitrogen and oxygen atoms in total. The molecular weight excluding hydrogens is 1600 g/mol. The molecule has 2 aliphatic rings. The van der Waals surface area contributed by atoms with Gasteiger partial charge in [0.25, 0.3) is 0 Å². The molecule has 2 saturated heterocycles. The fraction of sp³-hybridized carbons (Fsp3) is 0.468. The van der Waals surface area contributed by atoms with Gasteiger partial charge in [0.2, 0.25) is 82.7 Å². The summed E-state index contributed by atoms with van der Waals surface area (Å²) in [6, 6.07) is -1.05. The van der Waals surface area contributed by atoms with E-state index in [1.165, 1.54) is 24.3 Å². The monoisotopic (exact) mass is 1700 g/mol. The lowest BCUT2D eigenvalue weighted by Crippen LogP contribution is -2.61. The Morgan fingerprint density at radius 2 is 0.836 bits per heavy atom. The third-order valence-corrected chi connectivity index (χ3v) is 20.0. The predicted octanol–water partition coefficient (Wildman–Crippen LogP) is -2.79. The van der Waals surface area contributed by atoms with Gasteiger partial charge < -0.3 is 115 Å². The molecule has 122 heavy (non-hydrogen) atoms. The second-order valence-corrected chi connectivity index (χ2v) is 29.8. The number of imide groups is 1. The standard InChI is InChI=1S/C79H100N16O27/c1-39(2)31-55(93-77(119)57(33-42-35-81-47-11-6-4-9-45(42)47)94-78(120)59-23-24-61(98)95(59)62(99)38-84-69(111)49-13-8-30-80-49)76(118)91-54(22-29-67(108)109)75(117)90-53(21-28-66(106)107)74(116)89-52(20-27-65(104)105)73(115)88-51(19-26-64(102)103)72(114)87-50(18-25-63(100)101)71(113)85-40(3)68(110)92-56(32-41-14-16-44(96)17-15-41)70(112)83-37-60(97)86-58(79(121)122)34-43-36-82-48-12-7-5-10-46(43)48/h4-7,9-12,14-17,35-36,39-40,49-59,80-82,96H,8,13,18-34,37-38H2,1-3H3,(H,83,112)(H,84,111)(H,85,113)(H,86,97)(H,87,114)(H,88,115)(H,89,116)(H,90,117)(H,91,118)(H,92,110)(H,93,119)(H,94,120)(H,100,101)(H,102,103)(H,104,105)(H,106,107)(H,108,109)(H,121,122)/t40-,49-,50-,51-,52-,53-,54-,55-,56-,57-,58-,59-/m0/s1. The van der Waals surface area contributed by atoms with Gasteiger partial charge >= 0.3 is 35.8 Å². The molecule has 2 fully saturated rings. The summed E-state index contributed by atoms with van der Waals surface area (Å²) < 4.78 is 0. The molecule has 2 aromatic heterocycles. The van der Waals surface area contributed by atoms with Crippen molar-refractivity contribution < 1.29 is 132 Å². The summed E-state index contributed by atoms with van der Waals surface area (Å²) >= 11 is 0. The van der Waals surface area contributed by atoms with Gasteiger partial charge in [-0.05, 0) is 118 Å². The molecule has 14 amide bonds. The van der Waals surface area contributed by atoms with Crippen molar-refractivity contribution in [1.29, 1.82) is 0 Å². The molecule has 43 heteroatoms. The maximum absolute atomic E-state index is 14.8. The van der Waals surface area contributed by atoms with E-state index in [2.05, 4.69) is 79.1 Å². The maximum Gasteiger partial charge on any atom is 0.326 e. The third kappa shape index (κ3) is 29.6. The summed E-state index contributed by atoms with van der Waals surface area (Å²) in [5.41, 5.74) is 2.68. The normalized spacial score (nSPS) is 16.1. The highest BCUT2D eigenvalue weighted by Gasteiger charge is 2.43. The first-order valence-corrected chi connectivity index (χ1v) is 39.2. The number of carboxylic acid groups (broad SMARTS) is 6. The number of aliphatic carboxylic acids is 6. The van der Waals surface area contributed by atoms with Gasteiger partial charge in [0, 0.05) is 92.0 Å². The van der Waals surface area contributed by atoms with Crippen molar-refractivity contribution in [3.63, 3.8) is 0 Å². The van der Waals surface area contributed by atoms with E-state index in [0.717, 1.165) is 6.92 Å². The van der Waals surface area contributed by atoms with Crippen molar-refractivity contribution in [2.75, 3.05) is 19.6 Å². The van der Waals surface area contributed by atoms with E-state index in [-0.39, 0.29) is 44.3 Å². The van der Waals surface area contributed by atoms with E-state index >= 15 is 0 Å². The lowest BCUT2D eigenvalue weighted by Gasteiger charge is -2.29. The van der Waals surface area contributed by atoms with Gasteiger partial charge in [0.15, 0.2) is 0 Å². The number of aromatic nitrogens is 2. The summed E-state index contributed by atoms with van der Waals surface area (Å²) in [5, 5.41) is 101.